The predicted molar refractivity (Wildman–Crippen MR) is 182 cm³/mol. The number of hydrogen-bond acceptors (Lipinski definition) is 12. The van der Waals surface area contributed by atoms with Crippen molar-refractivity contribution in [1.29, 1.82) is 0 Å². The zero-order valence-corrected chi connectivity index (χ0v) is 26.8. The highest BCUT2D eigenvalue weighted by Crippen LogP contribution is 2.52. The largest absolute Gasteiger partial charge is 0.241 e. The fourth-order valence-corrected chi connectivity index (χ4v) is 17.5. The highest BCUT2D eigenvalue weighted by atomic mass is 32.1. The molecule has 12 heteroatoms. The van der Waals surface area contributed by atoms with Gasteiger partial charge in [-0.2, -0.15) is 0 Å². The molecule has 10 aromatic rings. The maximum atomic E-state index is 4.79. The van der Waals surface area contributed by atoms with Crippen LogP contribution in [0.3, 0.4) is 0 Å². The van der Waals surface area contributed by atoms with Crippen molar-refractivity contribution >= 4 is 170 Å². The molecule has 0 saturated heterocycles. The Bertz CT molecular complexity index is 2310. The molecule has 0 aromatic carbocycles. The van der Waals surface area contributed by atoms with Crippen LogP contribution in [0, 0.1) is 0 Å². The van der Waals surface area contributed by atoms with Gasteiger partial charge in [-0.1, -0.05) is 0 Å². The van der Waals surface area contributed by atoms with Crippen molar-refractivity contribution in [2.75, 3.05) is 0 Å². The van der Waals surface area contributed by atoms with E-state index in [4.69, 9.17) is 9.97 Å². The van der Waals surface area contributed by atoms with Crippen LogP contribution in [0.4, 0.5) is 0 Å². The van der Waals surface area contributed by atoms with Crippen molar-refractivity contribution in [3.05, 3.63) is 47.4 Å². The van der Waals surface area contributed by atoms with E-state index in [1.54, 1.807) is 22.7 Å². The Morgan fingerprint density at radius 1 is 0.395 bits per heavy atom. The van der Waals surface area contributed by atoms with Crippen LogP contribution in [-0.4, -0.2) is 9.97 Å². The van der Waals surface area contributed by atoms with Gasteiger partial charge in [-0.05, 0) is 35.0 Å². The lowest BCUT2D eigenvalue weighted by Gasteiger charge is -1.89. The molecule has 10 aromatic heterocycles. The number of rotatable bonds is 3. The minimum atomic E-state index is 1.01. The Morgan fingerprint density at radius 3 is 1.34 bits per heavy atom. The fourth-order valence-electron chi connectivity index (χ4n) is 4.74. The van der Waals surface area contributed by atoms with Gasteiger partial charge in [-0.3, -0.25) is 0 Å². The molecule has 0 spiro atoms. The molecule has 0 N–H and O–H groups in total. The molecular formula is C26H8N2S10. The average Bonchev–Trinajstić information content (AvgIpc) is 3.70. The number of thiophene rings is 8. The van der Waals surface area contributed by atoms with Gasteiger partial charge in [-0.25, -0.2) is 9.97 Å². The third-order valence-corrected chi connectivity index (χ3v) is 19.1. The highest BCUT2D eigenvalue weighted by Gasteiger charge is 2.20. The van der Waals surface area contributed by atoms with E-state index >= 15 is 0 Å². The summed E-state index contributed by atoms with van der Waals surface area (Å²) in [5.41, 5.74) is 0. The molecular weight excluding hydrogens is 661 g/mol. The molecule has 0 aliphatic rings. The maximum Gasteiger partial charge on any atom is 0.152 e. The minimum absolute atomic E-state index is 1.01. The van der Waals surface area contributed by atoms with Crippen LogP contribution in [0.15, 0.2) is 47.4 Å². The second-order valence-corrected chi connectivity index (χ2v) is 18.8. The minimum Gasteiger partial charge on any atom is -0.241 e. The monoisotopic (exact) mass is 668 g/mol. The highest BCUT2D eigenvalue weighted by molar-refractivity contribution is 7.46. The second-order valence-electron chi connectivity index (χ2n) is 8.62. The Kier molecular flexibility index (Phi) is 4.66. The Balaban J connectivity index is 1.00. The van der Waals surface area contributed by atoms with E-state index in [0.717, 1.165) is 10.0 Å². The number of aromatic nitrogens is 2. The molecule has 0 unspecified atom stereocenters. The zero-order valence-electron chi connectivity index (χ0n) is 18.6. The number of fused-ring (bicyclic) bond motifs is 10. The zero-order chi connectivity index (χ0) is 24.5. The predicted octanol–water partition coefficient (Wildman–Crippen LogP) is 13.0. The Hall–Kier alpha value is -1.58. The van der Waals surface area contributed by atoms with Crippen molar-refractivity contribution in [3.63, 3.8) is 0 Å². The van der Waals surface area contributed by atoms with Crippen LogP contribution in [0.25, 0.3) is 85.9 Å². The van der Waals surface area contributed by atoms with Crippen molar-refractivity contribution in [2.45, 2.75) is 0 Å². The first-order valence-corrected chi connectivity index (χ1v) is 19.6. The van der Waals surface area contributed by atoms with E-state index in [-0.39, 0.29) is 0 Å². The summed E-state index contributed by atoms with van der Waals surface area (Å²) in [6, 6.07) is 9.21. The average molecular weight is 669 g/mol. The van der Waals surface area contributed by atoms with Gasteiger partial charge in [-0.15, -0.1) is 113 Å². The van der Waals surface area contributed by atoms with Crippen molar-refractivity contribution < 1.29 is 0 Å². The van der Waals surface area contributed by atoms with E-state index in [2.05, 4.69) is 35.0 Å². The normalized spacial score (nSPS) is 12.7. The molecule has 0 aliphatic heterocycles. The maximum absolute atomic E-state index is 4.79. The van der Waals surface area contributed by atoms with Crippen molar-refractivity contribution in [3.8, 4) is 29.5 Å². The number of hydrogen-bond donors (Lipinski definition) is 0. The van der Waals surface area contributed by atoms with Gasteiger partial charge in [0.05, 0.1) is 47.4 Å². The summed E-state index contributed by atoms with van der Waals surface area (Å²) in [4.78, 5) is 14.7. The van der Waals surface area contributed by atoms with Gasteiger partial charge in [0, 0.05) is 40.9 Å². The molecule has 0 radical (unpaired) electrons. The molecule has 0 aliphatic carbocycles. The third kappa shape index (κ3) is 3.04. The summed E-state index contributed by atoms with van der Waals surface area (Å²) in [6.45, 7) is 0. The first-order chi connectivity index (χ1) is 18.8. The van der Waals surface area contributed by atoms with Gasteiger partial charge in [0.25, 0.3) is 0 Å². The summed E-state index contributed by atoms with van der Waals surface area (Å²) in [6.07, 6.45) is 4.06. The van der Waals surface area contributed by atoms with Crippen LogP contribution in [0.2, 0.25) is 0 Å². The van der Waals surface area contributed by atoms with Crippen molar-refractivity contribution in [2.24, 2.45) is 0 Å². The SMILES string of the molecule is c1cc2sc3c4sc(-c5cnc(-c6ncc(-c7cc8sc9c%10sccc%10sc9c8s7)s6)s5)cc4sc3c2s1. The first-order valence-electron chi connectivity index (χ1n) is 11.3. The topological polar surface area (TPSA) is 25.8 Å². The van der Waals surface area contributed by atoms with Crippen LogP contribution >= 0.6 is 113 Å². The summed E-state index contributed by atoms with van der Waals surface area (Å²) >= 11 is 18.8. The van der Waals surface area contributed by atoms with Gasteiger partial charge in [0.1, 0.15) is 0 Å². The van der Waals surface area contributed by atoms with Gasteiger partial charge >= 0.3 is 0 Å². The smallest absolute Gasteiger partial charge is 0.152 e. The van der Waals surface area contributed by atoms with E-state index in [0.29, 0.717) is 0 Å². The van der Waals surface area contributed by atoms with E-state index in [9.17, 15) is 0 Å². The fraction of sp³-hybridized carbons (Fsp3) is 0. The van der Waals surface area contributed by atoms with Crippen LogP contribution < -0.4 is 0 Å². The van der Waals surface area contributed by atoms with Crippen LogP contribution in [-0.2, 0) is 0 Å². The lowest BCUT2D eigenvalue weighted by Crippen LogP contribution is -1.68. The lowest BCUT2D eigenvalue weighted by atomic mass is 10.4. The van der Waals surface area contributed by atoms with E-state index in [1.165, 1.54) is 75.9 Å². The molecule has 0 saturated carbocycles. The summed E-state index contributed by atoms with van der Waals surface area (Å²) in [5, 5.41) is 6.42. The molecule has 0 bridgehead atoms. The van der Waals surface area contributed by atoms with Crippen molar-refractivity contribution in [1.82, 2.24) is 9.97 Å². The van der Waals surface area contributed by atoms with Gasteiger partial charge in [0.2, 0.25) is 0 Å². The molecule has 38 heavy (non-hydrogen) atoms. The van der Waals surface area contributed by atoms with Crippen LogP contribution in [0.5, 0.6) is 0 Å². The lowest BCUT2D eigenvalue weighted by molar-refractivity contribution is 1.36. The second kappa shape index (κ2) is 8.00. The molecule has 0 fully saturated rings. The van der Waals surface area contributed by atoms with Crippen LogP contribution in [0.1, 0.15) is 0 Å². The summed E-state index contributed by atoms with van der Waals surface area (Å²) in [5.74, 6) is 0. The molecule has 2 nitrogen and oxygen atoms in total. The molecule has 182 valence electrons. The molecule has 10 heterocycles. The van der Waals surface area contributed by atoms with E-state index < -0.39 is 0 Å². The van der Waals surface area contributed by atoms with Gasteiger partial charge in [0.15, 0.2) is 10.0 Å². The number of nitrogens with zero attached hydrogens (tertiary/aromatic N) is 2. The Morgan fingerprint density at radius 2 is 0.842 bits per heavy atom. The molecule has 10 rings (SSSR count). The molecule has 0 amide bonds. The molecule has 0 atom stereocenters. The summed E-state index contributed by atoms with van der Waals surface area (Å²) < 4.78 is 17.2. The van der Waals surface area contributed by atoms with Gasteiger partial charge < -0.3 is 0 Å². The third-order valence-electron chi connectivity index (χ3n) is 6.42. The van der Waals surface area contributed by atoms with E-state index in [1.807, 2.05) is 103 Å². The summed E-state index contributed by atoms with van der Waals surface area (Å²) in [7, 11) is 0. The quantitative estimate of drug-likeness (QED) is 0.187. The first kappa shape index (κ1) is 22.1. The standard InChI is InChI=1S/C26H8N2S10/c1-3-29-17-9(1)31-23-19-13(35-21(17)23)5-11(33-19)15-7-27-25(37-15)26-28-8-16(38-26)12-6-14-20(34-12)24-22(36-14)18-10(32-24)2-4-30-18/h1-8H. The number of thiazole rings is 2. The Labute approximate surface area is 254 Å².